The molecule has 1 aromatic carbocycles. The summed E-state index contributed by atoms with van der Waals surface area (Å²) in [5.41, 5.74) is -0.773. The van der Waals surface area contributed by atoms with Crippen molar-refractivity contribution in [2.45, 2.75) is 53.2 Å². The van der Waals surface area contributed by atoms with Crippen molar-refractivity contribution >= 4 is 29.4 Å². The molecule has 0 heterocycles. The fraction of sp³-hybridized carbons (Fsp3) is 0.450. The molecular formula is C20H26N2O6. The molecule has 0 spiro atoms. The van der Waals surface area contributed by atoms with E-state index in [1.54, 1.807) is 34.6 Å². The lowest BCUT2D eigenvalue weighted by Crippen LogP contribution is -2.48. The van der Waals surface area contributed by atoms with Gasteiger partial charge in [0.15, 0.2) is 5.78 Å². The number of ether oxygens (including phenoxy) is 1. The Morgan fingerprint density at radius 1 is 1.21 bits per heavy atom. The fourth-order valence-corrected chi connectivity index (χ4v) is 2.30. The van der Waals surface area contributed by atoms with Gasteiger partial charge < -0.3 is 10.1 Å². The number of hydrogen-bond acceptors (Lipinski definition) is 6. The van der Waals surface area contributed by atoms with Gasteiger partial charge in [-0.1, -0.05) is 26.0 Å². The first-order valence-electron chi connectivity index (χ1n) is 8.82. The molecule has 1 aromatic rings. The summed E-state index contributed by atoms with van der Waals surface area (Å²) in [6.45, 7) is 9.84. The predicted octanol–water partition coefficient (Wildman–Crippen LogP) is 3.05. The Bertz CT molecular complexity index is 805. The maximum Gasteiger partial charge on any atom is 0.329 e. The first-order valence-corrected chi connectivity index (χ1v) is 8.82. The first kappa shape index (κ1) is 23.0. The number of esters is 1. The highest BCUT2D eigenvalue weighted by molar-refractivity contribution is 6.22. The number of rotatable bonds is 7. The van der Waals surface area contributed by atoms with Crippen molar-refractivity contribution in [1.82, 2.24) is 5.32 Å². The van der Waals surface area contributed by atoms with Gasteiger partial charge >= 0.3 is 5.97 Å². The van der Waals surface area contributed by atoms with Crippen LogP contribution in [-0.2, 0) is 19.1 Å². The molecule has 0 saturated carbocycles. The molecule has 0 aliphatic heterocycles. The van der Waals surface area contributed by atoms with Crippen LogP contribution in [0.2, 0.25) is 0 Å². The van der Waals surface area contributed by atoms with Crippen LogP contribution < -0.4 is 5.32 Å². The topological polar surface area (TPSA) is 116 Å². The van der Waals surface area contributed by atoms with Gasteiger partial charge in [0.05, 0.1) is 10.5 Å². The number of ketones is 1. The second-order valence-corrected chi connectivity index (χ2v) is 7.69. The smallest absolute Gasteiger partial charge is 0.329 e. The molecule has 1 unspecified atom stereocenters. The summed E-state index contributed by atoms with van der Waals surface area (Å²) in [6.07, 6.45) is 1.26. The van der Waals surface area contributed by atoms with E-state index < -0.39 is 34.2 Å². The van der Waals surface area contributed by atoms with E-state index in [9.17, 15) is 24.5 Å². The molecule has 1 amide bonds. The van der Waals surface area contributed by atoms with Crippen molar-refractivity contribution in [1.29, 1.82) is 0 Å². The minimum absolute atomic E-state index is 0.161. The van der Waals surface area contributed by atoms with E-state index in [0.717, 1.165) is 0 Å². The summed E-state index contributed by atoms with van der Waals surface area (Å²) in [5.74, 6) is -2.15. The molecule has 0 aliphatic rings. The van der Waals surface area contributed by atoms with Crippen LogP contribution in [-0.4, -0.2) is 34.2 Å². The number of Topliss-reactive ketones (excluding diaryl/α,β-unsaturated/α-hetero) is 1. The normalized spacial score (nSPS) is 13.0. The largest absolute Gasteiger partial charge is 0.458 e. The lowest BCUT2D eigenvalue weighted by molar-refractivity contribution is -0.384. The third-order valence-corrected chi connectivity index (χ3v) is 3.63. The number of hydrogen-bond donors (Lipinski definition) is 1. The second-order valence-electron chi connectivity index (χ2n) is 7.69. The van der Waals surface area contributed by atoms with Crippen molar-refractivity contribution in [2.24, 2.45) is 5.92 Å². The van der Waals surface area contributed by atoms with Gasteiger partial charge in [-0.3, -0.25) is 19.7 Å². The molecule has 28 heavy (non-hydrogen) atoms. The third kappa shape index (κ3) is 6.94. The van der Waals surface area contributed by atoms with Crippen molar-refractivity contribution in [3.63, 3.8) is 0 Å². The van der Waals surface area contributed by atoms with E-state index in [-0.39, 0.29) is 17.2 Å². The van der Waals surface area contributed by atoms with Crippen molar-refractivity contribution < 1.29 is 24.0 Å². The number of nitro benzene ring substituents is 1. The van der Waals surface area contributed by atoms with Crippen molar-refractivity contribution in [3.05, 3.63) is 45.5 Å². The molecule has 8 heteroatoms. The Kier molecular flexibility index (Phi) is 7.60. The van der Waals surface area contributed by atoms with Crippen LogP contribution >= 0.6 is 0 Å². The van der Waals surface area contributed by atoms with Gasteiger partial charge in [-0.05, 0) is 45.3 Å². The molecule has 0 radical (unpaired) electrons. The van der Waals surface area contributed by atoms with Crippen LogP contribution in [0, 0.1) is 16.0 Å². The standard InChI is InChI=1S/C20H26N2O6/c1-12(2)17(19(25)28-20(4,5)6)21-18(24)16(13(3)23)11-14-8-7-9-15(10-14)22(26)27/h7-12,17H,1-6H3,(H,21,24). The van der Waals surface area contributed by atoms with E-state index in [1.807, 2.05) is 0 Å². The van der Waals surface area contributed by atoms with Gasteiger partial charge in [0.1, 0.15) is 11.6 Å². The van der Waals surface area contributed by atoms with Crippen molar-refractivity contribution in [2.75, 3.05) is 0 Å². The van der Waals surface area contributed by atoms with E-state index in [4.69, 9.17) is 4.74 Å². The highest BCUT2D eigenvalue weighted by atomic mass is 16.6. The maximum atomic E-state index is 12.7. The molecule has 152 valence electrons. The number of nitrogens with zero attached hydrogens (tertiary/aromatic N) is 1. The molecular weight excluding hydrogens is 364 g/mol. The molecule has 0 bridgehead atoms. The Morgan fingerprint density at radius 2 is 1.82 bits per heavy atom. The third-order valence-electron chi connectivity index (χ3n) is 3.63. The molecule has 8 nitrogen and oxygen atoms in total. The zero-order valence-corrected chi connectivity index (χ0v) is 16.9. The lowest BCUT2D eigenvalue weighted by atomic mass is 10.0. The van der Waals surface area contributed by atoms with Gasteiger partial charge in [0.25, 0.3) is 11.6 Å². The van der Waals surface area contributed by atoms with Gasteiger partial charge in [-0.25, -0.2) is 4.79 Å². The van der Waals surface area contributed by atoms with Gasteiger partial charge in [0, 0.05) is 12.1 Å². The summed E-state index contributed by atoms with van der Waals surface area (Å²) >= 11 is 0. The van der Waals surface area contributed by atoms with E-state index in [0.29, 0.717) is 5.56 Å². The van der Waals surface area contributed by atoms with E-state index in [1.165, 1.54) is 37.3 Å². The van der Waals surface area contributed by atoms with Crippen LogP contribution in [0.4, 0.5) is 5.69 Å². The molecule has 1 rings (SSSR count). The Hall–Kier alpha value is -3.03. The molecule has 0 fully saturated rings. The minimum Gasteiger partial charge on any atom is -0.458 e. The van der Waals surface area contributed by atoms with E-state index >= 15 is 0 Å². The Morgan fingerprint density at radius 3 is 2.29 bits per heavy atom. The molecule has 0 saturated heterocycles. The van der Waals surface area contributed by atoms with Gasteiger partial charge in [-0.2, -0.15) is 0 Å². The maximum absolute atomic E-state index is 12.7. The van der Waals surface area contributed by atoms with Gasteiger partial charge in [0.2, 0.25) is 0 Å². The monoisotopic (exact) mass is 390 g/mol. The summed E-state index contributed by atoms with van der Waals surface area (Å²) in [6, 6.07) is 4.61. The fourth-order valence-electron chi connectivity index (χ4n) is 2.30. The first-order chi connectivity index (χ1) is 12.8. The highest BCUT2D eigenvalue weighted by Gasteiger charge is 2.30. The average Bonchev–Trinajstić information content (AvgIpc) is 2.55. The van der Waals surface area contributed by atoms with Gasteiger partial charge in [-0.15, -0.1) is 0 Å². The number of non-ortho nitro benzene ring substituents is 1. The summed E-state index contributed by atoms with van der Waals surface area (Å²) < 4.78 is 5.33. The number of carbonyl (C=O) groups is 3. The molecule has 0 aromatic heterocycles. The van der Waals surface area contributed by atoms with E-state index in [2.05, 4.69) is 5.32 Å². The number of benzene rings is 1. The minimum atomic E-state index is -0.945. The molecule has 0 aliphatic carbocycles. The van der Waals surface area contributed by atoms with Crippen LogP contribution in [0.25, 0.3) is 6.08 Å². The summed E-state index contributed by atoms with van der Waals surface area (Å²) in [4.78, 5) is 47.4. The number of carbonyl (C=O) groups excluding carboxylic acids is 3. The van der Waals surface area contributed by atoms with Crippen LogP contribution in [0.15, 0.2) is 29.8 Å². The number of nitro groups is 1. The number of nitrogens with one attached hydrogen (secondary N) is 1. The average molecular weight is 390 g/mol. The Labute approximate surface area is 164 Å². The molecule has 1 atom stereocenters. The lowest BCUT2D eigenvalue weighted by Gasteiger charge is -2.26. The van der Waals surface area contributed by atoms with Crippen LogP contribution in [0.1, 0.15) is 47.1 Å². The SMILES string of the molecule is CC(=O)C(=Cc1cccc([N+](=O)[O-])c1)C(=O)NC(C(=O)OC(C)(C)C)C(C)C. The number of amides is 1. The van der Waals surface area contributed by atoms with Crippen LogP contribution in [0.5, 0.6) is 0 Å². The highest BCUT2D eigenvalue weighted by Crippen LogP contribution is 2.17. The van der Waals surface area contributed by atoms with Crippen LogP contribution in [0.3, 0.4) is 0 Å². The second kappa shape index (κ2) is 9.25. The summed E-state index contributed by atoms with van der Waals surface area (Å²) in [5, 5.41) is 13.4. The zero-order chi connectivity index (χ0) is 21.6. The Balaban J connectivity index is 3.15. The predicted molar refractivity (Wildman–Crippen MR) is 104 cm³/mol. The summed E-state index contributed by atoms with van der Waals surface area (Å²) in [7, 11) is 0. The quantitative estimate of drug-likeness (QED) is 0.191. The van der Waals surface area contributed by atoms with Crippen molar-refractivity contribution in [3.8, 4) is 0 Å². The zero-order valence-electron chi connectivity index (χ0n) is 16.9. The molecule has 1 N–H and O–H groups in total.